The summed E-state index contributed by atoms with van der Waals surface area (Å²) in [7, 11) is 0. The average Bonchev–Trinajstić information content (AvgIpc) is 3.03. The van der Waals surface area contributed by atoms with Gasteiger partial charge in [0.05, 0.1) is 17.4 Å². The molecule has 0 aromatic rings. The SMILES string of the molecule is CC(CC(=O)CC(C)C1=CC(=O)C2(C)C3=C(C(=O)C(O)C12C)C1(C)CCC(O)C(C)(C)C1CC3=O)C(=O)O. The van der Waals surface area contributed by atoms with Crippen molar-refractivity contribution in [3.05, 3.63) is 22.8 Å². The molecule has 8 nitrogen and oxygen atoms in total. The number of hydrogen-bond acceptors (Lipinski definition) is 7. The Hall–Kier alpha value is -2.45. The minimum absolute atomic E-state index is 0.0466. The number of aliphatic hydroxyl groups is 2. The fraction of sp³-hybridized carbons (Fsp3) is 0.700. The average molecular weight is 529 g/mol. The third kappa shape index (κ3) is 3.52. The van der Waals surface area contributed by atoms with Gasteiger partial charge in [-0.2, -0.15) is 0 Å². The van der Waals surface area contributed by atoms with E-state index in [0.29, 0.717) is 18.4 Å². The molecule has 0 spiro atoms. The molecule has 0 bridgehead atoms. The summed E-state index contributed by atoms with van der Waals surface area (Å²) in [5.41, 5.74) is -3.50. The summed E-state index contributed by atoms with van der Waals surface area (Å²) < 4.78 is 0. The number of ketones is 4. The molecule has 8 heteroatoms. The molecule has 0 aromatic carbocycles. The molecular weight excluding hydrogens is 488 g/mol. The van der Waals surface area contributed by atoms with Crippen LogP contribution in [0, 0.1) is 39.4 Å². The first-order chi connectivity index (χ1) is 17.4. The van der Waals surface area contributed by atoms with Gasteiger partial charge in [-0.25, -0.2) is 0 Å². The van der Waals surface area contributed by atoms with E-state index < -0.39 is 57.5 Å². The Morgan fingerprint density at radius 1 is 1.00 bits per heavy atom. The lowest BCUT2D eigenvalue weighted by Crippen LogP contribution is -2.64. The molecule has 8 atom stereocenters. The van der Waals surface area contributed by atoms with Crippen LogP contribution in [-0.4, -0.2) is 56.6 Å². The van der Waals surface area contributed by atoms with Gasteiger partial charge >= 0.3 is 5.97 Å². The second-order valence-corrected chi connectivity index (χ2v) is 13.4. The molecule has 4 rings (SSSR count). The molecule has 8 unspecified atom stereocenters. The Balaban J connectivity index is 1.81. The summed E-state index contributed by atoms with van der Waals surface area (Å²) in [6.45, 7) is 12.2. The lowest BCUT2D eigenvalue weighted by atomic mass is 9.42. The van der Waals surface area contributed by atoms with Crippen LogP contribution in [0.1, 0.15) is 80.6 Å². The fourth-order valence-electron chi connectivity index (χ4n) is 8.28. The van der Waals surface area contributed by atoms with Crippen LogP contribution >= 0.6 is 0 Å². The van der Waals surface area contributed by atoms with Gasteiger partial charge in [-0.15, -0.1) is 0 Å². The zero-order valence-electron chi connectivity index (χ0n) is 23.4. The standard InChI is InChI=1S/C30H40O8/c1-14(10-16(31)11-15(2)26(37)38)17-12-21(34)30(7)22-18(32)13-19-27(3,4)20(33)8-9-28(19,5)23(22)24(35)25(36)29(17,30)6/h12,14-15,19-20,25,33,36H,8-11,13H2,1-7H3,(H,37,38). The molecule has 0 aromatic heterocycles. The van der Waals surface area contributed by atoms with Crippen LogP contribution in [0.25, 0.3) is 0 Å². The molecule has 0 saturated heterocycles. The summed E-state index contributed by atoms with van der Waals surface area (Å²) >= 11 is 0. The topological polar surface area (TPSA) is 146 Å². The molecule has 38 heavy (non-hydrogen) atoms. The summed E-state index contributed by atoms with van der Waals surface area (Å²) in [5, 5.41) is 31.6. The number of fused-ring (bicyclic) bond motifs is 4. The van der Waals surface area contributed by atoms with Gasteiger partial charge in [0.1, 0.15) is 11.9 Å². The van der Waals surface area contributed by atoms with E-state index in [-0.39, 0.29) is 53.7 Å². The molecule has 3 N–H and O–H groups in total. The molecule has 1 fully saturated rings. The molecule has 208 valence electrons. The molecule has 0 aliphatic heterocycles. The minimum atomic E-state index is -1.60. The van der Waals surface area contributed by atoms with Crippen LogP contribution in [0.3, 0.4) is 0 Å². The van der Waals surface area contributed by atoms with E-state index in [9.17, 15) is 34.2 Å². The Morgan fingerprint density at radius 3 is 2.18 bits per heavy atom. The smallest absolute Gasteiger partial charge is 0.306 e. The first-order valence-corrected chi connectivity index (χ1v) is 13.6. The fourth-order valence-corrected chi connectivity index (χ4v) is 8.28. The van der Waals surface area contributed by atoms with E-state index in [1.165, 1.54) is 13.0 Å². The lowest BCUT2D eigenvalue weighted by Gasteiger charge is -2.60. The molecule has 0 radical (unpaired) electrons. The van der Waals surface area contributed by atoms with Crippen molar-refractivity contribution in [1.82, 2.24) is 0 Å². The Labute approximate surface area is 223 Å². The summed E-state index contributed by atoms with van der Waals surface area (Å²) in [6, 6.07) is 0. The highest BCUT2D eigenvalue weighted by atomic mass is 16.4. The van der Waals surface area contributed by atoms with Crippen LogP contribution in [0.2, 0.25) is 0 Å². The van der Waals surface area contributed by atoms with E-state index in [1.54, 1.807) is 20.8 Å². The van der Waals surface area contributed by atoms with Gasteiger partial charge in [0, 0.05) is 41.2 Å². The number of carbonyl (C=O) groups is 5. The molecular formula is C30H40O8. The van der Waals surface area contributed by atoms with Gasteiger partial charge in [0.25, 0.3) is 0 Å². The number of aliphatic carboxylic acids is 1. The molecule has 4 aliphatic carbocycles. The maximum absolute atomic E-state index is 14.1. The summed E-state index contributed by atoms with van der Waals surface area (Å²) in [4.78, 5) is 65.6. The number of carbonyl (C=O) groups excluding carboxylic acids is 4. The van der Waals surface area contributed by atoms with Gasteiger partial charge in [-0.1, -0.05) is 47.1 Å². The van der Waals surface area contributed by atoms with Crippen LogP contribution in [-0.2, 0) is 24.0 Å². The molecule has 0 amide bonds. The third-order valence-electron chi connectivity index (χ3n) is 10.9. The van der Waals surface area contributed by atoms with Crippen LogP contribution in [0.4, 0.5) is 0 Å². The monoisotopic (exact) mass is 528 g/mol. The van der Waals surface area contributed by atoms with Crippen molar-refractivity contribution in [1.29, 1.82) is 0 Å². The van der Waals surface area contributed by atoms with E-state index in [1.807, 2.05) is 20.8 Å². The predicted octanol–water partition coefficient (Wildman–Crippen LogP) is 3.23. The largest absolute Gasteiger partial charge is 0.481 e. The van der Waals surface area contributed by atoms with Gasteiger partial charge in [-0.3, -0.25) is 24.0 Å². The van der Waals surface area contributed by atoms with Gasteiger partial charge in [-0.05, 0) is 43.1 Å². The van der Waals surface area contributed by atoms with Crippen molar-refractivity contribution in [2.45, 2.75) is 92.8 Å². The predicted molar refractivity (Wildman–Crippen MR) is 138 cm³/mol. The highest BCUT2D eigenvalue weighted by molar-refractivity contribution is 6.20. The zero-order valence-corrected chi connectivity index (χ0v) is 23.4. The van der Waals surface area contributed by atoms with Gasteiger partial charge in [0.2, 0.25) is 0 Å². The van der Waals surface area contributed by atoms with Crippen molar-refractivity contribution in [2.24, 2.45) is 39.4 Å². The first kappa shape index (κ1) is 28.6. The van der Waals surface area contributed by atoms with E-state index in [2.05, 4.69) is 0 Å². The minimum Gasteiger partial charge on any atom is -0.481 e. The van der Waals surface area contributed by atoms with E-state index >= 15 is 0 Å². The lowest BCUT2D eigenvalue weighted by molar-refractivity contribution is -0.153. The quantitative estimate of drug-likeness (QED) is 0.476. The van der Waals surface area contributed by atoms with Gasteiger partial charge < -0.3 is 15.3 Å². The Bertz CT molecular complexity index is 1210. The number of allylic oxidation sites excluding steroid dienone is 2. The highest BCUT2D eigenvalue weighted by Crippen LogP contribution is 2.68. The Morgan fingerprint density at radius 2 is 1.61 bits per heavy atom. The third-order valence-corrected chi connectivity index (χ3v) is 10.9. The van der Waals surface area contributed by atoms with Crippen molar-refractivity contribution < 1.29 is 39.3 Å². The van der Waals surface area contributed by atoms with Gasteiger partial charge in [0.15, 0.2) is 17.3 Å². The molecule has 1 saturated carbocycles. The number of carboxylic acid groups (broad SMARTS) is 1. The zero-order chi connectivity index (χ0) is 28.7. The van der Waals surface area contributed by atoms with E-state index in [4.69, 9.17) is 5.11 Å². The second-order valence-electron chi connectivity index (χ2n) is 13.4. The summed E-state index contributed by atoms with van der Waals surface area (Å²) in [6.07, 6.45) is -0.0598. The van der Waals surface area contributed by atoms with Crippen LogP contribution < -0.4 is 0 Å². The molecule has 4 aliphatic rings. The molecule has 0 heterocycles. The maximum atomic E-state index is 14.1. The van der Waals surface area contributed by atoms with Crippen LogP contribution in [0.15, 0.2) is 22.8 Å². The van der Waals surface area contributed by atoms with E-state index in [0.717, 1.165) is 0 Å². The Kier molecular flexibility index (Phi) is 6.60. The number of hydrogen-bond donors (Lipinski definition) is 3. The maximum Gasteiger partial charge on any atom is 0.306 e. The number of carboxylic acids is 1. The number of rotatable bonds is 6. The number of Topliss-reactive ketones (excluding diaryl/α,β-unsaturated/α-hetero) is 3. The highest BCUT2D eigenvalue weighted by Gasteiger charge is 2.71. The van der Waals surface area contributed by atoms with Crippen molar-refractivity contribution in [3.63, 3.8) is 0 Å². The second kappa shape index (κ2) is 8.78. The van der Waals surface area contributed by atoms with Crippen molar-refractivity contribution in [3.8, 4) is 0 Å². The number of aliphatic hydroxyl groups excluding tert-OH is 2. The summed E-state index contributed by atoms with van der Waals surface area (Å²) in [5.74, 6) is -4.34. The van der Waals surface area contributed by atoms with Crippen LogP contribution in [0.5, 0.6) is 0 Å². The van der Waals surface area contributed by atoms with Crippen molar-refractivity contribution in [2.75, 3.05) is 0 Å². The first-order valence-electron chi connectivity index (χ1n) is 13.6. The normalized spacial score (nSPS) is 39.7. The van der Waals surface area contributed by atoms with Crippen molar-refractivity contribution >= 4 is 29.1 Å².